The van der Waals surface area contributed by atoms with Gasteiger partial charge < -0.3 is 20.0 Å². The Morgan fingerprint density at radius 3 is 2.34 bits per heavy atom. The number of amides is 1. The molecule has 0 saturated carbocycles. The van der Waals surface area contributed by atoms with E-state index in [1.165, 1.54) is 0 Å². The van der Waals surface area contributed by atoms with Crippen LogP contribution in [0.5, 0.6) is 0 Å². The molecule has 35 heavy (non-hydrogen) atoms. The van der Waals surface area contributed by atoms with Gasteiger partial charge in [0.1, 0.15) is 0 Å². The van der Waals surface area contributed by atoms with Crippen molar-refractivity contribution >= 4 is 34.3 Å². The average Bonchev–Trinajstić information content (AvgIpc) is 2.89. The Morgan fingerprint density at radius 2 is 1.63 bits per heavy atom. The van der Waals surface area contributed by atoms with Gasteiger partial charge in [-0.25, -0.2) is 4.79 Å². The van der Waals surface area contributed by atoms with Crippen molar-refractivity contribution in [3.63, 3.8) is 0 Å². The predicted octanol–water partition coefficient (Wildman–Crippen LogP) is 4.73. The first kappa shape index (κ1) is 23.0. The summed E-state index contributed by atoms with van der Waals surface area (Å²) in [5, 5.41) is 5.59. The highest BCUT2D eigenvalue weighted by Crippen LogP contribution is 2.23. The summed E-state index contributed by atoms with van der Waals surface area (Å²) in [4.78, 5) is 37.3. The molecule has 0 radical (unpaired) electrons. The van der Waals surface area contributed by atoms with Crippen LogP contribution in [0.1, 0.15) is 17.2 Å². The topological polar surface area (TPSA) is 77.7 Å². The molecule has 178 valence electrons. The molecule has 0 spiro atoms. The Labute approximate surface area is 207 Å². The molecule has 8 heteroatoms. The summed E-state index contributed by atoms with van der Waals surface area (Å²) in [5.74, 6) is 0. The molecule has 3 aromatic carbocycles. The molecule has 1 fully saturated rings. The van der Waals surface area contributed by atoms with Crippen molar-refractivity contribution in [3.8, 4) is 0 Å². The highest BCUT2D eigenvalue weighted by molar-refractivity contribution is 6.31. The first-order valence-electron chi connectivity index (χ1n) is 11.5. The van der Waals surface area contributed by atoms with Gasteiger partial charge in [-0.3, -0.25) is 4.79 Å². The second-order valence-electron chi connectivity index (χ2n) is 8.38. The average molecular weight is 489 g/mol. The molecule has 1 aliphatic rings. The van der Waals surface area contributed by atoms with Gasteiger partial charge in [0.05, 0.1) is 24.6 Å². The third kappa shape index (κ3) is 5.16. The van der Waals surface area contributed by atoms with E-state index in [1.54, 1.807) is 29.5 Å². The molecular weight excluding hydrogens is 464 g/mol. The smallest absolute Gasteiger partial charge is 0.369 e. The number of pyridine rings is 1. The number of aromatic amines is 1. The lowest BCUT2D eigenvalue weighted by molar-refractivity contribution is -0.103. The monoisotopic (exact) mass is 488 g/mol. The molecule has 2 N–H and O–H groups in total. The van der Waals surface area contributed by atoms with Gasteiger partial charge in [-0.1, -0.05) is 60.1 Å². The molecule has 1 aromatic heterocycles. The third-order valence-electron chi connectivity index (χ3n) is 6.15. The fraction of sp³-hybridized carbons (Fsp3) is 0.185. The molecule has 1 atom stereocenters. The van der Waals surface area contributed by atoms with Crippen molar-refractivity contribution in [1.29, 1.82) is 0 Å². The molecule has 2 heterocycles. The number of hydrogen-bond acceptors (Lipinski definition) is 5. The summed E-state index contributed by atoms with van der Waals surface area (Å²) < 4.78 is 0. The summed E-state index contributed by atoms with van der Waals surface area (Å²) in [6, 6.07) is 23.9. The van der Waals surface area contributed by atoms with Gasteiger partial charge in [-0.05, 0) is 35.9 Å². The quantitative estimate of drug-likeness (QED) is 0.424. The van der Waals surface area contributed by atoms with E-state index in [9.17, 15) is 9.59 Å². The number of benzene rings is 3. The van der Waals surface area contributed by atoms with Gasteiger partial charge >= 0.3 is 6.09 Å². The van der Waals surface area contributed by atoms with Gasteiger partial charge in [0.15, 0.2) is 5.43 Å². The molecule has 1 amide bonds. The van der Waals surface area contributed by atoms with Crippen LogP contribution in [0.3, 0.4) is 0 Å². The number of halogens is 1. The summed E-state index contributed by atoms with van der Waals surface area (Å²) >= 11 is 6.07. The van der Waals surface area contributed by atoms with Crippen LogP contribution in [0.15, 0.2) is 89.9 Å². The van der Waals surface area contributed by atoms with Crippen LogP contribution in [0.25, 0.3) is 10.9 Å². The molecule has 1 saturated heterocycles. The number of carbonyl (C=O) groups excluding carboxylic acids is 1. The highest BCUT2D eigenvalue weighted by Gasteiger charge is 2.25. The highest BCUT2D eigenvalue weighted by atomic mass is 35.5. The number of rotatable bonds is 5. The number of hydroxylamine groups is 2. The zero-order chi connectivity index (χ0) is 24.2. The van der Waals surface area contributed by atoms with E-state index in [-0.39, 0.29) is 5.43 Å². The maximum atomic E-state index is 13.3. The number of nitrogens with one attached hydrogen (secondary N) is 2. The standard InChI is InChI=1S/C27H25ClN4O3/c28-20-11-12-22-24(17-20)29-18-23(26(22)33)25(19-7-3-1-4-8-19)30-27(34)35-32-15-13-31(14-16-32)21-9-5-2-6-10-21/h1-12,17-18,25H,13-16H2,(H,29,33)(H,30,34). The molecule has 0 aliphatic carbocycles. The van der Waals surface area contributed by atoms with Crippen molar-refractivity contribution < 1.29 is 9.63 Å². The van der Waals surface area contributed by atoms with Gasteiger partial charge in [-0.15, -0.1) is 5.06 Å². The maximum absolute atomic E-state index is 13.3. The van der Waals surface area contributed by atoms with Crippen molar-refractivity contribution in [2.45, 2.75) is 6.04 Å². The number of para-hydroxylation sites is 1. The fourth-order valence-electron chi connectivity index (χ4n) is 4.35. The SMILES string of the molecule is O=C(NC(c1ccccc1)c1c[nH]c2cc(Cl)ccc2c1=O)ON1CCN(c2ccccc2)CC1. The van der Waals surface area contributed by atoms with Crippen LogP contribution >= 0.6 is 11.6 Å². The summed E-state index contributed by atoms with van der Waals surface area (Å²) in [6.45, 7) is 2.64. The minimum absolute atomic E-state index is 0.180. The zero-order valence-corrected chi connectivity index (χ0v) is 19.7. The predicted molar refractivity (Wildman–Crippen MR) is 138 cm³/mol. The van der Waals surface area contributed by atoms with E-state index in [4.69, 9.17) is 16.4 Å². The normalized spacial score (nSPS) is 15.1. The Morgan fingerprint density at radius 1 is 0.943 bits per heavy atom. The minimum Gasteiger partial charge on any atom is -0.369 e. The number of hydrogen-bond donors (Lipinski definition) is 2. The van der Waals surface area contributed by atoms with E-state index >= 15 is 0 Å². The largest absolute Gasteiger partial charge is 0.427 e. The van der Waals surface area contributed by atoms with Crippen LogP contribution in [-0.4, -0.2) is 42.3 Å². The molecule has 7 nitrogen and oxygen atoms in total. The lowest BCUT2D eigenvalue weighted by Gasteiger charge is -2.35. The molecule has 1 unspecified atom stereocenters. The van der Waals surface area contributed by atoms with E-state index in [0.717, 1.165) is 24.3 Å². The van der Waals surface area contributed by atoms with Gasteiger partial charge in [0, 0.05) is 40.9 Å². The maximum Gasteiger partial charge on any atom is 0.427 e. The lowest BCUT2D eigenvalue weighted by Crippen LogP contribution is -2.48. The van der Waals surface area contributed by atoms with E-state index in [2.05, 4.69) is 27.3 Å². The Balaban J connectivity index is 1.33. The van der Waals surface area contributed by atoms with Crippen molar-refractivity contribution in [2.75, 3.05) is 31.1 Å². The number of H-pyrrole nitrogens is 1. The van der Waals surface area contributed by atoms with Crippen molar-refractivity contribution in [1.82, 2.24) is 15.4 Å². The molecule has 1 aliphatic heterocycles. The number of fused-ring (bicyclic) bond motifs is 1. The van der Waals surface area contributed by atoms with Gasteiger partial charge in [0.2, 0.25) is 0 Å². The van der Waals surface area contributed by atoms with E-state index in [1.807, 2.05) is 48.5 Å². The fourth-order valence-corrected chi connectivity index (χ4v) is 4.52. The summed E-state index contributed by atoms with van der Waals surface area (Å²) in [6.07, 6.45) is 1.01. The second kappa shape index (κ2) is 10.2. The molecule has 5 rings (SSSR count). The van der Waals surface area contributed by atoms with Crippen LogP contribution in [-0.2, 0) is 4.84 Å². The first-order chi connectivity index (χ1) is 17.1. The van der Waals surface area contributed by atoms with Gasteiger partial charge in [0.25, 0.3) is 0 Å². The van der Waals surface area contributed by atoms with Crippen molar-refractivity contribution in [2.24, 2.45) is 0 Å². The van der Waals surface area contributed by atoms with Crippen LogP contribution < -0.4 is 15.6 Å². The first-order valence-corrected chi connectivity index (χ1v) is 11.9. The Kier molecular flexibility index (Phi) is 6.70. The number of nitrogens with zero attached hydrogens (tertiary/aromatic N) is 2. The van der Waals surface area contributed by atoms with Crippen LogP contribution in [0.2, 0.25) is 5.02 Å². The number of aromatic nitrogens is 1. The third-order valence-corrected chi connectivity index (χ3v) is 6.38. The van der Waals surface area contributed by atoms with Crippen molar-refractivity contribution in [3.05, 3.63) is 111 Å². The summed E-state index contributed by atoms with van der Waals surface area (Å²) in [5.41, 5.74) is 2.80. The van der Waals surface area contributed by atoms with E-state index < -0.39 is 12.1 Å². The Hall–Kier alpha value is -3.81. The zero-order valence-electron chi connectivity index (χ0n) is 19.0. The number of anilines is 1. The van der Waals surface area contributed by atoms with E-state index in [0.29, 0.717) is 34.6 Å². The molecule has 4 aromatic rings. The Bertz CT molecular complexity index is 1370. The van der Waals surface area contributed by atoms with Crippen LogP contribution in [0, 0.1) is 0 Å². The number of carbonyl (C=O) groups is 1. The van der Waals surface area contributed by atoms with Crippen LogP contribution in [0.4, 0.5) is 10.5 Å². The second-order valence-corrected chi connectivity index (χ2v) is 8.82. The summed E-state index contributed by atoms with van der Waals surface area (Å²) in [7, 11) is 0. The lowest BCUT2D eigenvalue weighted by atomic mass is 9.98. The molecule has 0 bridgehead atoms. The minimum atomic E-state index is -0.682. The van der Waals surface area contributed by atoms with Gasteiger partial charge in [-0.2, -0.15) is 0 Å². The number of piperazine rings is 1. The molecular formula is C27H25ClN4O3.